The number of nitrogens with zero attached hydrogens (tertiary/aromatic N) is 1. The summed E-state index contributed by atoms with van der Waals surface area (Å²) in [7, 11) is 0. The molecule has 1 aromatic carbocycles. The molecule has 2 amide bonds. The van der Waals surface area contributed by atoms with Crippen molar-refractivity contribution < 1.29 is 9.59 Å². The monoisotopic (exact) mass is 468 g/mol. The van der Waals surface area contributed by atoms with Gasteiger partial charge in [0.05, 0.1) is 0 Å². The molecule has 3 N–H and O–H groups in total. The Morgan fingerprint density at radius 2 is 1.79 bits per heavy atom. The first kappa shape index (κ1) is 22.6. The highest BCUT2D eigenvalue weighted by molar-refractivity contribution is 7.80. The molecule has 7 heteroatoms. The van der Waals surface area contributed by atoms with Crippen molar-refractivity contribution in [3.8, 4) is 0 Å². The van der Waals surface area contributed by atoms with Gasteiger partial charge in [0, 0.05) is 37.0 Å². The van der Waals surface area contributed by atoms with Crippen molar-refractivity contribution in [2.24, 2.45) is 11.3 Å². The van der Waals surface area contributed by atoms with Gasteiger partial charge in [-0.15, -0.1) is 0 Å². The first-order chi connectivity index (χ1) is 15.9. The molecule has 0 radical (unpaired) electrons. The topological polar surface area (TPSA) is 73.5 Å². The highest BCUT2D eigenvalue weighted by atomic mass is 32.1. The Hall–Kier alpha value is -2.15. The molecule has 2 saturated carbocycles. The molecule has 0 unspecified atom stereocenters. The molecule has 4 fully saturated rings. The molecule has 2 heterocycles. The highest BCUT2D eigenvalue weighted by Crippen LogP contribution is 2.59. The van der Waals surface area contributed by atoms with Gasteiger partial charge < -0.3 is 20.9 Å². The molecular formula is C26H36N4O2S. The molecule has 1 spiro atoms. The molecule has 1 aromatic rings. The van der Waals surface area contributed by atoms with E-state index in [2.05, 4.69) is 53.2 Å². The van der Waals surface area contributed by atoms with Crippen LogP contribution in [0.4, 0.5) is 0 Å². The second-order valence-electron chi connectivity index (χ2n) is 10.8. The zero-order valence-electron chi connectivity index (χ0n) is 19.6. The largest absolute Gasteiger partial charge is 0.360 e. The van der Waals surface area contributed by atoms with Crippen molar-refractivity contribution in [2.45, 2.75) is 75.8 Å². The Labute approximate surface area is 202 Å². The van der Waals surface area contributed by atoms with Crippen LogP contribution in [0, 0.1) is 11.3 Å². The number of amides is 2. The first-order valence-corrected chi connectivity index (χ1v) is 13.0. The van der Waals surface area contributed by atoms with Gasteiger partial charge in [-0.2, -0.15) is 0 Å². The fraction of sp³-hybridized carbons (Fsp3) is 0.654. The lowest BCUT2D eigenvalue weighted by Gasteiger charge is -2.38. The number of benzene rings is 1. The SMILES string of the molecule is C[C@@H]1C[C@@H](C(=O)N2CCC3(CC2)C[C@@H]3C(=O)NCC2(c3ccccc3)CCCC2)NC(=S)N1. The smallest absolute Gasteiger partial charge is 0.245 e. The summed E-state index contributed by atoms with van der Waals surface area (Å²) in [5.41, 5.74) is 1.55. The van der Waals surface area contributed by atoms with Gasteiger partial charge in [-0.25, -0.2) is 0 Å². The van der Waals surface area contributed by atoms with Gasteiger partial charge in [0.15, 0.2) is 5.11 Å². The van der Waals surface area contributed by atoms with Crippen LogP contribution in [0.3, 0.4) is 0 Å². The number of rotatable bonds is 5. The quantitative estimate of drug-likeness (QED) is 0.580. The van der Waals surface area contributed by atoms with Gasteiger partial charge in [-0.3, -0.25) is 9.59 Å². The predicted molar refractivity (Wildman–Crippen MR) is 133 cm³/mol. The number of hydrogen-bond donors (Lipinski definition) is 3. The molecular weight excluding hydrogens is 432 g/mol. The summed E-state index contributed by atoms with van der Waals surface area (Å²) < 4.78 is 0. The summed E-state index contributed by atoms with van der Waals surface area (Å²) in [5, 5.41) is 10.2. The predicted octanol–water partition coefficient (Wildman–Crippen LogP) is 2.87. The van der Waals surface area contributed by atoms with Crippen LogP contribution in [0.1, 0.15) is 63.9 Å². The van der Waals surface area contributed by atoms with E-state index in [4.69, 9.17) is 12.2 Å². The summed E-state index contributed by atoms with van der Waals surface area (Å²) in [5.74, 6) is 0.470. The van der Waals surface area contributed by atoms with E-state index in [9.17, 15) is 9.59 Å². The van der Waals surface area contributed by atoms with E-state index in [0.29, 0.717) is 5.11 Å². The summed E-state index contributed by atoms with van der Waals surface area (Å²) in [6.07, 6.45) is 8.32. The zero-order valence-corrected chi connectivity index (χ0v) is 20.4. The second kappa shape index (κ2) is 8.90. The Kier molecular flexibility index (Phi) is 6.10. The fourth-order valence-corrected chi connectivity index (χ4v) is 6.86. The van der Waals surface area contributed by atoms with E-state index >= 15 is 0 Å². The van der Waals surface area contributed by atoms with Gasteiger partial charge in [0.2, 0.25) is 11.8 Å². The maximum Gasteiger partial charge on any atom is 0.245 e. The van der Waals surface area contributed by atoms with Crippen molar-refractivity contribution in [2.75, 3.05) is 19.6 Å². The lowest BCUT2D eigenvalue weighted by molar-refractivity contribution is -0.135. The average Bonchev–Trinajstić information content (AvgIpc) is 3.29. The maximum atomic E-state index is 13.1. The van der Waals surface area contributed by atoms with E-state index in [0.717, 1.165) is 58.2 Å². The Morgan fingerprint density at radius 1 is 1.09 bits per heavy atom. The van der Waals surface area contributed by atoms with Gasteiger partial charge in [-0.05, 0) is 68.6 Å². The minimum Gasteiger partial charge on any atom is -0.360 e. The number of piperidine rings is 1. The van der Waals surface area contributed by atoms with E-state index in [1.165, 1.54) is 18.4 Å². The van der Waals surface area contributed by atoms with Crippen LogP contribution in [0.5, 0.6) is 0 Å². The third kappa shape index (κ3) is 4.48. The van der Waals surface area contributed by atoms with Crippen LogP contribution in [0.2, 0.25) is 0 Å². The van der Waals surface area contributed by atoms with Crippen LogP contribution in [0.15, 0.2) is 30.3 Å². The third-order valence-corrected chi connectivity index (χ3v) is 8.93. The molecule has 178 valence electrons. The molecule has 2 aliphatic heterocycles. The number of likely N-dealkylation sites (tertiary alicyclic amines) is 1. The number of carbonyl (C=O) groups excluding carboxylic acids is 2. The fourth-order valence-electron chi connectivity index (χ4n) is 6.51. The summed E-state index contributed by atoms with van der Waals surface area (Å²) in [6.45, 7) is 4.28. The minimum atomic E-state index is -0.235. The van der Waals surface area contributed by atoms with Crippen LogP contribution in [-0.4, -0.2) is 53.5 Å². The maximum absolute atomic E-state index is 13.1. The average molecular weight is 469 g/mol. The van der Waals surface area contributed by atoms with Crippen LogP contribution in [-0.2, 0) is 15.0 Å². The summed E-state index contributed by atoms with van der Waals surface area (Å²) in [4.78, 5) is 28.1. The van der Waals surface area contributed by atoms with E-state index in [1.54, 1.807) is 0 Å². The van der Waals surface area contributed by atoms with E-state index in [1.807, 2.05) is 4.90 Å². The van der Waals surface area contributed by atoms with Crippen molar-refractivity contribution in [1.82, 2.24) is 20.9 Å². The number of carbonyl (C=O) groups is 2. The van der Waals surface area contributed by atoms with Crippen LogP contribution >= 0.6 is 12.2 Å². The second-order valence-corrected chi connectivity index (χ2v) is 11.2. The molecule has 5 rings (SSSR count). The van der Waals surface area contributed by atoms with Crippen molar-refractivity contribution in [3.05, 3.63) is 35.9 Å². The Morgan fingerprint density at radius 3 is 2.45 bits per heavy atom. The van der Waals surface area contributed by atoms with Gasteiger partial charge >= 0.3 is 0 Å². The Bertz CT molecular complexity index is 906. The lowest BCUT2D eigenvalue weighted by Crippen LogP contribution is -2.59. The zero-order chi connectivity index (χ0) is 23.1. The summed E-state index contributed by atoms with van der Waals surface area (Å²) in [6, 6.07) is 10.7. The van der Waals surface area contributed by atoms with Crippen molar-refractivity contribution >= 4 is 29.1 Å². The molecule has 2 saturated heterocycles. The van der Waals surface area contributed by atoms with Gasteiger partial charge in [-0.1, -0.05) is 43.2 Å². The molecule has 6 nitrogen and oxygen atoms in total. The first-order valence-electron chi connectivity index (χ1n) is 12.6. The Balaban J connectivity index is 1.13. The van der Waals surface area contributed by atoms with E-state index < -0.39 is 0 Å². The summed E-state index contributed by atoms with van der Waals surface area (Å²) >= 11 is 5.24. The number of hydrogen-bond acceptors (Lipinski definition) is 3. The molecule has 2 aliphatic carbocycles. The molecule has 33 heavy (non-hydrogen) atoms. The van der Waals surface area contributed by atoms with Crippen molar-refractivity contribution in [3.63, 3.8) is 0 Å². The third-order valence-electron chi connectivity index (χ3n) is 8.70. The van der Waals surface area contributed by atoms with Crippen LogP contribution < -0.4 is 16.0 Å². The normalized spacial score (nSPS) is 29.8. The minimum absolute atomic E-state index is 0.0916. The molecule has 0 aromatic heterocycles. The molecule has 0 bridgehead atoms. The van der Waals surface area contributed by atoms with Crippen LogP contribution in [0.25, 0.3) is 0 Å². The van der Waals surface area contributed by atoms with Crippen molar-refractivity contribution in [1.29, 1.82) is 0 Å². The number of nitrogens with one attached hydrogen (secondary N) is 3. The highest BCUT2D eigenvalue weighted by Gasteiger charge is 2.59. The lowest BCUT2D eigenvalue weighted by atomic mass is 9.78. The standard InChI is InChI=1S/C26H36N4O2S/c1-18-15-21(29-24(33)28-18)23(32)30-13-11-25(12-14-30)16-20(25)22(31)27-17-26(9-5-6-10-26)19-7-3-2-4-8-19/h2-4,7-8,18,20-21H,5-6,9-17H2,1H3,(H,27,31)(H2,28,29,33)/t18-,20-,21+/m1/s1. The van der Waals surface area contributed by atoms with Gasteiger partial charge in [0.1, 0.15) is 6.04 Å². The number of thiocarbonyl (C=S) groups is 1. The molecule has 3 atom stereocenters. The molecule has 4 aliphatic rings. The van der Waals surface area contributed by atoms with Gasteiger partial charge in [0.25, 0.3) is 0 Å². The van der Waals surface area contributed by atoms with E-state index in [-0.39, 0.29) is 40.6 Å².